The lowest BCUT2D eigenvalue weighted by atomic mass is 10.3. The number of rotatable bonds is 2. The van der Waals surface area contributed by atoms with Crippen molar-refractivity contribution in [3.63, 3.8) is 0 Å². The highest BCUT2D eigenvalue weighted by atomic mass is 32.1. The average molecular weight is 191 g/mol. The third kappa shape index (κ3) is 1.29. The van der Waals surface area contributed by atoms with E-state index in [0.717, 1.165) is 16.7 Å². The second-order valence-electron chi connectivity index (χ2n) is 3.33. The van der Waals surface area contributed by atoms with Crippen LogP contribution in [0.1, 0.15) is 24.5 Å². The third-order valence-corrected chi connectivity index (χ3v) is 3.12. The van der Waals surface area contributed by atoms with E-state index in [9.17, 15) is 0 Å². The summed E-state index contributed by atoms with van der Waals surface area (Å²) in [5.41, 5.74) is 1.25. The zero-order valence-electron chi connectivity index (χ0n) is 7.06. The molecular formula is C10H9NOS. The van der Waals surface area contributed by atoms with E-state index in [0.29, 0.717) is 0 Å². The predicted octanol–water partition coefficient (Wildman–Crippen LogP) is 3.28. The van der Waals surface area contributed by atoms with Gasteiger partial charge >= 0.3 is 0 Å². The van der Waals surface area contributed by atoms with Crippen molar-refractivity contribution >= 4 is 11.3 Å². The average Bonchev–Trinajstić information content (AvgIpc) is 2.72. The van der Waals surface area contributed by atoms with Crippen molar-refractivity contribution < 1.29 is 4.42 Å². The van der Waals surface area contributed by atoms with Gasteiger partial charge in [0, 0.05) is 11.3 Å². The summed E-state index contributed by atoms with van der Waals surface area (Å²) >= 11 is 1.67. The molecule has 2 heterocycles. The Bertz CT molecular complexity index is 400. The summed E-state index contributed by atoms with van der Waals surface area (Å²) in [5.74, 6) is 1.62. The molecular weight excluding hydrogens is 182 g/mol. The molecule has 0 unspecified atom stereocenters. The van der Waals surface area contributed by atoms with E-state index < -0.39 is 0 Å². The van der Waals surface area contributed by atoms with Gasteiger partial charge in [0.15, 0.2) is 10.8 Å². The van der Waals surface area contributed by atoms with Gasteiger partial charge in [0.2, 0.25) is 0 Å². The summed E-state index contributed by atoms with van der Waals surface area (Å²) in [4.78, 5) is 4.54. The summed E-state index contributed by atoms with van der Waals surface area (Å²) < 4.78 is 5.28. The first-order valence-corrected chi connectivity index (χ1v) is 5.31. The van der Waals surface area contributed by atoms with Crippen molar-refractivity contribution in [3.8, 4) is 10.8 Å². The van der Waals surface area contributed by atoms with Gasteiger partial charge in [-0.25, -0.2) is 4.98 Å². The molecule has 66 valence electrons. The Labute approximate surface area is 80.2 Å². The second kappa shape index (κ2) is 2.70. The Morgan fingerprint density at radius 1 is 1.46 bits per heavy atom. The van der Waals surface area contributed by atoms with Crippen LogP contribution in [0, 0.1) is 0 Å². The van der Waals surface area contributed by atoms with Crippen molar-refractivity contribution in [1.29, 1.82) is 0 Å². The van der Waals surface area contributed by atoms with E-state index in [1.165, 1.54) is 18.5 Å². The van der Waals surface area contributed by atoms with E-state index in [1.807, 2.05) is 12.1 Å². The smallest absolute Gasteiger partial charge is 0.162 e. The summed E-state index contributed by atoms with van der Waals surface area (Å²) in [6.07, 6.45) is 4.30. The molecule has 0 N–H and O–H groups in total. The van der Waals surface area contributed by atoms with Gasteiger partial charge in [-0.3, -0.25) is 0 Å². The van der Waals surface area contributed by atoms with E-state index in [2.05, 4.69) is 10.4 Å². The summed E-state index contributed by atoms with van der Waals surface area (Å²) in [6.45, 7) is 0. The van der Waals surface area contributed by atoms with Crippen molar-refractivity contribution in [2.75, 3.05) is 0 Å². The molecule has 0 aliphatic heterocycles. The highest BCUT2D eigenvalue weighted by molar-refractivity contribution is 7.13. The fraction of sp³-hybridized carbons (Fsp3) is 0.300. The molecule has 2 nitrogen and oxygen atoms in total. The van der Waals surface area contributed by atoms with Crippen LogP contribution >= 0.6 is 11.3 Å². The molecule has 0 bridgehead atoms. The zero-order chi connectivity index (χ0) is 8.67. The molecule has 0 amide bonds. The number of hydrogen-bond donors (Lipinski definition) is 0. The van der Waals surface area contributed by atoms with Crippen LogP contribution in [0.5, 0.6) is 0 Å². The second-order valence-corrected chi connectivity index (χ2v) is 4.19. The maximum atomic E-state index is 5.28. The number of thiazole rings is 1. The lowest BCUT2D eigenvalue weighted by Gasteiger charge is -1.87. The minimum Gasteiger partial charge on any atom is -0.462 e. The molecule has 0 radical (unpaired) electrons. The van der Waals surface area contributed by atoms with Gasteiger partial charge in [0.05, 0.1) is 12.0 Å². The Kier molecular flexibility index (Phi) is 1.52. The number of aromatic nitrogens is 1. The lowest BCUT2D eigenvalue weighted by Crippen LogP contribution is -1.77. The molecule has 0 atom stereocenters. The van der Waals surface area contributed by atoms with Gasteiger partial charge in [-0.05, 0) is 25.0 Å². The van der Waals surface area contributed by atoms with Crippen LogP contribution < -0.4 is 0 Å². The predicted molar refractivity (Wildman–Crippen MR) is 51.8 cm³/mol. The Hall–Kier alpha value is -1.09. The number of furan rings is 1. The fourth-order valence-electron chi connectivity index (χ4n) is 1.37. The first-order valence-electron chi connectivity index (χ1n) is 4.43. The van der Waals surface area contributed by atoms with Crippen LogP contribution in [0.25, 0.3) is 10.8 Å². The van der Waals surface area contributed by atoms with Gasteiger partial charge in [-0.2, -0.15) is 0 Å². The zero-order valence-corrected chi connectivity index (χ0v) is 7.88. The minimum absolute atomic E-state index is 0.736. The van der Waals surface area contributed by atoms with Gasteiger partial charge in [-0.15, -0.1) is 11.3 Å². The first-order chi connectivity index (χ1) is 6.43. The molecule has 0 spiro atoms. The summed E-state index contributed by atoms with van der Waals surface area (Å²) in [5, 5.41) is 3.15. The lowest BCUT2D eigenvalue weighted by molar-refractivity contribution is 0.581. The van der Waals surface area contributed by atoms with Crippen LogP contribution in [0.15, 0.2) is 28.2 Å². The molecule has 2 aromatic heterocycles. The van der Waals surface area contributed by atoms with E-state index in [4.69, 9.17) is 4.42 Å². The molecule has 1 saturated carbocycles. The van der Waals surface area contributed by atoms with E-state index in [1.54, 1.807) is 17.6 Å². The van der Waals surface area contributed by atoms with Crippen LogP contribution in [0.4, 0.5) is 0 Å². The Morgan fingerprint density at radius 2 is 2.38 bits per heavy atom. The molecule has 13 heavy (non-hydrogen) atoms. The van der Waals surface area contributed by atoms with Crippen LogP contribution in [-0.4, -0.2) is 4.98 Å². The van der Waals surface area contributed by atoms with Crippen molar-refractivity contribution in [2.24, 2.45) is 0 Å². The molecule has 0 aromatic carbocycles. The van der Waals surface area contributed by atoms with Crippen molar-refractivity contribution in [2.45, 2.75) is 18.8 Å². The highest BCUT2D eigenvalue weighted by Gasteiger charge is 2.26. The first kappa shape index (κ1) is 7.33. The summed E-state index contributed by atoms with van der Waals surface area (Å²) in [7, 11) is 0. The highest BCUT2D eigenvalue weighted by Crippen LogP contribution is 2.41. The largest absolute Gasteiger partial charge is 0.462 e. The van der Waals surface area contributed by atoms with Gasteiger partial charge < -0.3 is 4.42 Å². The SMILES string of the molecule is c1coc(-c2nc(C3CC3)cs2)c1. The Morgan fingerprint density at radius 3 is 3.08 bits per heavy atom. The molecule has 3 rings (SSSR count). The standard InChI is InChI=1S/C10H9NOS/c1-2-9(12-5-1)10-11-8(6-13-10)7-3-4-7/h1-2,5-7H,3-4H2. The number of nitrogens with zero attached hydrogens (tertiary/aromatic N) is 1. The summed E-state index contributed by atoms with van der Waals surface area (Å²) in [6, 6.07) is 3.85. The van der Waals surface area contributed by atoms with Crippen LogP contribution in [-0.2, 0) is 0 Å². The van der Waals surface area contributed by atoms with Crippen LogP contribution in [0.3, 0.4) is 0 Å². The van der Waals surface area contributed by atoms with Crippen molar-refractivity contribution in [3.05, 3.63) is 29.5 Å². The third-order valence-electron chi connectivity index (χ3n) is 2.25. The van der Waals surface area contributed by atoms with Crippen molar-refractivity contribution in [1.82, 2.24) is 4.98 Å². The minimum atomic E-state index is 0.736. The van der Waals surface area contributed by atoms with Gasteiger partial charge in [0.1, 0.15) is 0 Å². The monoisotopic (exact) mass is 191 g/mol. The molecule has 1 aliphatic carbocycles. The topological polar surface area (TPSA) is 26.0 Å². The number of hydrogen-bond acceptors (Lipinski definition) is 3. The normalized spacial score (nSPS) is 16.3. The van der Waals surface area contributed by atoms with Crippen LogP contribution in [0.2, 0.25) is 0 Å². The fourth-order valence-corrected chi connectivity index (χ4v) is 2.23. The van der Waals surface area contributed by atoms with Gasteiger partial charge in [0.25, 0.3) is 0 Å². The maximum Gasteiger partial charge on any atom is 0.162 e. The molecule has 1 aliphatic rings. The van der Waals surface area contributed by atoms with Gasteiger partial charge in [-0.1, -0.05) is 0 Å². The quantitative estimate of drug-likeness (QED) is 0.728. The molecule has 0 saturated heterocycles. The maximum absolute atomic E-state index is 5.28. The van der Waals surface area contributed by atoms with E-state index in [-0.39, 0.29) is 0 Å². The van der Waals surface area contributed by atoms with E-state index >= 15 is 0 Å². The molecule has 3 heteroatoms. The molecule has 1 fully saturated rings. The Balaban J connectivity index is 1.97. The molecule has 2 aromatic rings.